The Morgan fingerprint density at radius 1 is 1.24 bits per heavy atom. The van der Waals surface area contributed by atoms with E-state index >= 15 is 0 Å². The maximum Gasteiger partial charge on any atom is 0.202 e. The van der Waals surface area contributed by atoms with Gasteiger partial charge in [0.1, 0.15) is 0 Å². The van der Waals surface area contributed by atoms with Crippen molar-refractivity contribution in [3.8, 4) is 0 Å². The van der Waals surface area contributed by atoms with Crippen LogP contribution in [0.2, 0.25) is 0 Å². The van der Waals surface area contributed by atoms with Crippen molar-refractivity contribution in [2.24, 2.45) is 5.41 Å². The van der Waals surface area contributed by atoms with E-state index in [4.69, 9.17) is 4.74 Å². The van der Waals surface area contributed by atoms with E-state index in [2.05, 4.69) is 35.6 Å². The third kappa shape index (κ3) is 7.51. The van der Waals surface area contributed by atoms with Crippen LogP contribution in [0.15, 0.2) is 12.4 Å². The molecule has 1 aromatic heterocycles. The predicted octanol–water partition coefficient (Wildman–Crippen LogP) is 4.33. The molecular formula is C17H33N3O. The first kappa shape index (κ1) is 18.0. The molecule has 0 bridgehead atoms. The number of nitrogens with zero attached hydrogens (tertiary/aromatic N) is 2. The van der Waals surface area contributed by atoms with E-state index in [0.29, 0.717) is 5.41 Å². The van der Waals surface area contributed by atoms with Crippen LogP contribution in [0, 0.1) is 5.41 Å². The molecule has 122 valence electrons. The number of ether oxygens (including phenoxy) is 1. The summed E-state index contributed by atoms with van der Waals surface area (Å²) in [5.41, 5.74) is 0.317. The molecule has 4 nitrogen and oxygen atoms in total. The van der Waals surface area contributed by atoms with Crippen LogP contribution in [0.3, 0.4) is 0 Å². The highest BCUT2D eigenvalue weighted by Gasteiger charge is 2.17. The Balaban J connectivity index is 2.35. The monoisotopic (exact) mass is 295 g/mol. The normalized spacial score (nSPS) is 11.8. The summed E-state index contributed by atoms with van der Waals surface area (Å²) in [6.07, 6.45) is 10.1. The third-order valence-corrected chi connectivity index (χ3v) is 3.79. The number of hydrogen-bond acceptors (Lipinski definition) is 3. The van der Waals surface area contributed by atoms with Gasteiger partial charge in [0.15, 0.2) is 0 Å². The minimum atomic E-state index is 0.317. The zero-order valence-electron chi connectivity index (χ0n) is 14.3. The number of anilines is 1. The highest BCUT2D eigenvalue weighted by atomic mass is 16.5. The van der Waals surface area contributed by atoms with Gasteiger partial charge in [-0.3, -0.25) is 0 Å². The van der Waals surface area contributed by atoms with Crippen LogP contribution in [0.1, 0.15) is 59.8 Å². The van der Waals surface area contributed by atoms with E-state index in [1.807, 2.05) is 19.3 Å². The smallest absolute Gasteiger partial charge is 0.202 e. The summed E-state index contributed by atoms with van der Waals surface area (Å²) in [6.45, 7) is 12.5. The van der Waals surface area contributed by atoms with E-state index in [1.54, 1.807) is 0 Å². The van der Waals surface area contributed by atoms with Crippen molar-refractivity contribution in [1.82, 2.24) is 9.55 Å². The summed E-state index contributed by atoms with van der Waals surface area (Å²) in [5, 5.41) is 3.51. The molecule has 0 spiro atoms. The van der Waals surface area contributed by atoms with Gasteiger partial charge in [0, 0.05) is 38.7 Å². The minimum Gasteiger partial charge on any atom is -0.382 e. The molecule has 0 radical (unpaired) electrons. The molecule has 0 aromatic carbocycles. The van der Waals surface area contributed by atoms with Gasteiger partial charge in [-0.05, 0) is 25.2 Å². The fourth-order valence-electron chi connectivity index (χ4n) is 2.40. The molecular weight excluding hydrogens is 262 g/mol. The van der Waals surface area contributed by atoms with Crippen molar-refractivity contribution in [2.75, 3.05) is 25.1 Å². The molecule has 4 heteroatoms. The average molecular weight is 295 g/mol. The number of imidazole rings is 1. The number of hydrogen-bond donors (Lipinski definition) is 1. The second-order valence-electron chi connectivity index (χ2n) is 6.47. The first-order valence-electron chi connectivity index (χ1n) is 8.42. The molecule has 1 rings (SSSR count). The molecule has 0 saturated carbocycles. The lowest BCUT2D eigenvalue weighted by molar-refractivity contribution is 0.142. The van der Waals surface area contributed by atoms with Crippen molar-refractivity contribution in [3.63, 3.8) is 0 Å². The highest BCUT2D eigenvalue weighted by molar-refractivity contribution is 5.26. The van der Waals surface area contributed by atoms with Crippen LogP contribution < -0.4 is 5.32 Å². The molecule has 0 aliphatic carbocycles. The average Bonchev–Trinajstić information content (AvgIpc) is 2.89. The van der Waals surface area contributed by atoms with Gasteiger partial charge < -0.3 is 14.6 Å². The van der Waals surface area contributed by atoms with Gasteiger partial charge in [-0.25, -0.2) is 4.98 Å². The first-order valence-corrected chi connectivity index (χ1v) is 8.42. The van der Waals surface area contributed by atoms with Crippen molar-refractivity contribution < 1.29 is 4.74 Å². The number of rotatable bonds is 12. The van der Waals surface area contributed by atoms with Crippen LogP contribution in [0.4, 0.5) is 5.95 Å². The topological polar surface area (TPSA) is 39.1 Å². The minimum absolute atomic E-state index is 0.317. The molecule has 0 atom stereocenters. The standard InChI is InChI=1S/C17H33N3O/c1-5-7-8-10-17(3,4)15-19-16-18-11-13-20(16)12-9-14-21-6-2/h11,13H,5-10,12,14-15H2,1-4H3,(H,18,19). The van der Waals surface area contributed by atoms with Gasteiger partial charge in [0.2, 0.25) is 5.95 Å². The van der Waals surface area contributed by atoms with Gasteiger partial charge in [0.25, 0.3) is 0 Å². The molecule has 1 aromatic rings. The second kappa shape index (κ2) is 9.82. The van der Waals surface area contributed by atoms with Crippen molar-refractivity contribution in [3.05, 3.63) is 12.4 Å². The largest absolute Gasteiger partial charge is 0.382 e. The quantitative estimate of drug-likeness (QED) is 0.583. The Morgan fingerprint density at radius 3 is 2.76 bits per heavy atom. The Kier molecular flexibility index (Phi) is 8.43. The molecule has 0 aliphatic rings. The lowest BCUT2D eigenvalue weighted by atomic mass is 9.87. The zero-order chi connectivity index (χ0) is 15.6. The van der Waals surface area contributed by atoms with Crippen LogP contribution in [-0.2, 0) is 11.3 Å². The number of aromatic nitrogens is 2. The van der Waals surface area contributed by atoms with Gasteiger partial charge in [-0.2, -0.15) is 0 Å². The molecule has 0 fully saturated rings. The number of nitrogens with one attached hydrogen (secondary N) is 1. The van der Waals surface area contributed by atoms with Gasteiger partial charge in [-0.1, -0.05) is 40.0 Å². The zero-order valence-corrected chi connectivity index (χ0v) is 14.3. The Bertz CT molecular complexity index is 374. The second-order valence-corrected chi connectivity index (χ2v) is 6.47. The molecule has 0 unspecified atom stereocenters. The number of aryl methyl sites for hydroxylation is 1. The van der Waals surface area contributed by atoms with Crippen molar-refractivity contribution in [2.45, 2.75) is 66.3 Å². The van der Waals surface area contributed by atoms with Gasteiger partial charge in [-0.15, -0.1) is 0 Å². The molecule has 0 amide bonds. The Morgan fingerprint density at radius 2 is 2.05 bits per heavy atom. The maximum atomic E-state index is 5.39. The summed E-state index contributed by atoms with van der Waals surface area (Å²) in [5.74, 6) is 0.982. The van der Waals surface area contributed by atoms with Crippen LogP contribution in [0.5, 0.6) is 0 Å². The Labute approximate surface area is 130 Å². The summed E-state index contributed by atoms with van der Waals surface area (Å²) in [4.78, 5) is 4.43. The number of unbranched alkanes of at least 4 members (excludes halogenated alkanes) is 2. The summed E-state index contributed by atoms with van der Waals surface area (Å²) >= 11 is 0. The lowest BCUT2D eigenvalue weighted by Gasteiger charge is -2.25. The van der Waals surface area contributed by atoms with Crippen LogP contribution in [-0.4, -0.2) is 29.3 Å². The van der Waals surface area contributed by atoms with E-state index in [9.17, 15) is 0 Å². The van der Waals surface area contributed by atoms with Crippen molar-refractivity contribution >= 4 is 5.95 Å². The van der Waals surface area contributed by atoms with Crippen LogP contribution >= 0.6 is 0 Å². The van der Waals surface area contributed by atoms with E-state index < -0.39 is 0 Å². The summed E-state index contributed by atoms with van der Waals surface area (Å²) in [6, 6.07) is 0. The van der Waals surface area contributed by atoms with E-state index in [-0.39, 0.29) is 0 Å². The SMILES string of the molecule is CCCCCC(C)(C)CNc1nccn1CCCOCC. The van der Waals surface area contributed by atoms with Crippen molar-refractivity contribution in [1.29, 1.82) is 0 Å². The maximum absolute atomic E-state index is 5.39. The summed E-state index contributed by atoms with van der Waals surface area (Å²) in [7, 11) is 0. The predicted molar refractivity (Wildman–Crippen MR) is 89.7 cm³/mol. The van der Waals surface area contributed by atoms with E-state index in [0.717, 1.165) is 38.7 Å². The van der Waals surface area contributed by atoms with E-state index in [1.165, 1.54) is 25.7 Å². The molecule has 1 heterocycles. The van der Waals surface area contributed by atoms with Gasteiger partial charge >= 0.3 is 0 Å². The fraction of sp³-hybridized carbons (Fsp3) is 0.824. The molecule has 1 N–H and O–H groups in total. The van der Waals surface area contributed by atoms with Crippen LogP contribution in [0.25, 0.3) is 0 Å². The first-order chi connectivity index (χ1) is 10.1. The summed E-state index contributed by atoms with van der Waals surface area (Å²) < 4.78 is 7.57. The third-order valence-electron chi connectivity index (χ3n) is 3.79. The van der Waals surface area contributed by atoms with Gasteiger partial charge in [0.05, 0.1) is 0 Å². The fourth-order valence-corrected chi connectivity index (χ4v) is 2.40. The lowest BCUT2D eigenvalue weighted by Crippen LogP contribution is -2.24. The molecule has 21 heavy (non-hydrogen) atoms. The molecule has 0 aliphatic heterocycles. The molecule has 0 saturated heterocycles. The Hall–Kier alpha value is -1.03. The highest BCUT2D eigenvalue weighted by Crippen LogP contribution is 2.24.